The van der Waals surface area contributed by atoms with Gasteiger partial charge in [-0.3, -0.25) is 14.4 Å². The van der Waals surface area contributed by atoms with Gasteiger partial charge in [0.05, 0.1) is 0 Å². The number of hydrogen-bond donors (Lipinski definition) is 0. The van der Waals surface area contributed by atoms with E-state index in [-0.39, 0.29) is 31.1 Å². The molecule has 0 N–H and O–H groups in total. The quantitative estimate of drug-likeness (QED) is 0.0261. The summed E-state index contributed by atoms with van der Waals surface area (Å²) in [5, 5.41) is 0. The van der Waals surface area contributed by atoms with Crippen molar-refractivity contribution in [3.05, 3.63) is 109 Å². The third kappa shape index (κ3) is 68.7. The summed E-state index contributed by atoms with van der Waals surface area (Å²) < 4.78 is 17.0. The van der Waals surface area contributed by atoms with Crippen molar-refractivity contribution in [3.63, 3.8) is 0 Å². The molecule has 0 aliphatic rings. The Balaban J connectivity index is 4.36. The molecule has 6 nitrogen and oxygen atoms in total. The van der Waals surface area contributed by atoms with Crippen LogP contribution in [0.4, 0.5) is 0 Å². The monoisotopic (exact) mass is 1150 g/mol. The molecule has 0 fully saturated rings. The van der Waals surface area contributed by atoms with Crippen molar-refractivity contribution < 1.29 is 28.6 Å². The SMILES string of the molecule is CC/C=C\C/C=C\C/C=C\C/C=C\C/C=C\CCCCCCCCCCCCCC(=O)OCC(COC(=O)CCCCCCCCCCCCCCCCCCCCC)OC(=O)CCCCCCCC/C=C\C/C=C\C/C=C\C/C=C\CC. The van der Waals surface area contributed by atoms with Crippen molar-refractivity contribution in [2.75, 3.05) is 13.2 Å². The second-order valence-electron chi connectivity index (χ2n) is 23.4. The fourth-order valence-electron chi connectivity index (χ4n) is 10.1. The van der Waals surface area contributed by atoms with Gasteiger partial charge in [0.25, 0.3) is 0 Å². The zero-order chi connectivity index (χ0) is 59.9. The van der Waals surface area contributed by atoms with Crippen LogP contribution in [0.2, 0.25) is 0 Å². The normalized spacial score (nSPS) is 12.8. The molecule has 0 aromatic carbocycles. The van der Waals surface area contributed by atoms with Crippen LogP contribution in [0.15, 0.2) is 109 Å². The van der Waals surface area contributed by atoms with Crippen LogP contribution in [-0.4, -0.2) is 37.2 Å². The van der Waals surface area contributed by atoms with Gasteiger partial charge in [0.2, 0.25) is 0 Å². The molecule has 1 atom stereocenters. The molecule has 0 aliphatic carbocycles. The maximum atomic E-state index is 13.0. The van der Waals surface area contributed by atoms with Crippen molar-refractivity contribution in [1.29, 1.82) is 0 Å². The minimum absolute atomic E-state index is 0.0820. The number of allylic oxidation sites excluding steroid dienone is 18. The summed E-state index contributed by atoms with van der Waals surface area (Å²) in [6.45, 7) is 6.45. The van der Waals surface area contributed by atoms with Crippen molar-refractivity contribution >= 4 is 17.9 Å². The summed E-state index contributed by atoms with van der Waals surface area (Å²) in [6, 6.07) is 0. The van der Waals surface area contributed by atoms with Crippen LogP contribution in [-0.2, 0) is 28.6 Å². The topological polar surface area (TPSA) is 78.9 Å². The first-order valence-corrected chi connectivity index (χ1v) is 35.4. The molecule has 0 bridgehead atoms. The van der Waals surface area contributed by atoms with E-state index in [1.165, 1.54) is 173 Å². The van der Waals surface area contributed by atoms with Crippen LogP contribution in [0.3, 0.4) is 0 Å². The summed E-state index contributed by atoms with van der Waals surface area (Å²) >= 11 is 0. The number of rotatable bonds is 64. The zero-order valence-corrected chi connectivity index (χ0v) is 54.7. The van der Waals surface area contributed by atoms with Crippen LogP contribution in [0, 0.1) is 0 Å². The lowest BCUT2D eigenvalue weighted by molar-refractivity contribution is -0.167. The second kappa shape index (κ2) is 70.6. The minimum Gasteiger partial charge on any atom is -0.462 e. The lowest BCUT2D eigenvalue weighted by Gasteiger charge is -2.18. The summed E-state index contributed by atoms with van der Waals surface area (Å²) in [4.78, 5) is 38.5. The molecule has 83 heavy (non-hydrogen) atoms. The third-order valence-electron chi connectivity index (χ3n) is 15.3. The van der Waals surface area contributed by atoms with Gasteiger partial charge >= 0.3 is 17.9 Å². The molecule has 0 spiro atoms. The van der Waals surface area contributed by atoms with Crippen LogP contribution in [0.1, 0.15) is 342 Å². The Bertz CT molecular complexity index is 1660. The van der Waals surface area contributed by atoms with Gasteiger partial charge in [-0.15, -0.1) is 0 Å². The van der Waals surface area contributed by atoms with Gasteiger partial charge < -0.3 is 14.2 Å². The van der Waals surface area contributed by atoms with E-state index in [0.29, 0.717) is 19.3 Å². The average Bonchev–Trinajstić information content (AvgIpc) is 3.50. The molecule has 1 unspecified atom stereocenters. The number of carbonyl (C=O) groups excluding carboxylic acids is 3. The Morgan fingerprint density at radius 3 is 0.735 bits per heavy atom. The van der Waals surface area contributed by atoms with E-state index in [1.54, 1.807) is 0 Å². The Kier molecular flexibility index (Phi) is 67.2. The lowest BCUT2D eigenvalue weighted by atomic mass is 10.0. The Labute approximate surface area is 514 Å². The first-order chi connectivity index (χ1) is 41.0. The van der Waals surface area contributed by atoms with Crippen molar-refractivity contribution in [2.45, 2.75) is 348 Å². The number of carbonyl (C=O) groups is 3. The van der Waals surface area contributed by atoms with Crippen molar-refractivity contribution in [2.24, 2.45) is 0 Å². The molecule has 6 heteroatoms. The van der Waals surface area contributed by atoms with E-state index in [1.807, 2.05) is 0 Å². The van der Waals surface area contributed by atoms with Gasteiger partial charge in [-0.05, 0) is 103 Å². The Morgan fingerprint density at radius 1 is 0.253 bits per heavy atom. The van der Waals surface area contributed by atoms with Crippen LogP contribution in [0.5, 0.6) is 0 Å². The molecule has 0 aromatic heterocycles. The fraction of sp³-hybridized carbons (Fsp3) is 0.727. The fourth-order valence-corrected chi connectivity index (χ4v) is 10.1. The molecule has 0 aliphatic heterocycles. The number of esters is 3. The molecular formula is C77H132O6. The van der Waals surface area contributed by atoms with Gasteiger partial charge in [-0.25, -0.2) is 0 Å². The largest absolute Gasteiger partial charge is 0.462 e. The van der Waals surface area contributed by atoms with E-state index in [4.69, 9.17) is 14.2 Å². The van der Waals surface area contributed by atoms with E-state index in [2.05, 4.69) is 130 Å². The molecule has 0 aromatic rings. The molecule has 0 amide bonds. The van der Waals surface area contributed by atoms with Gasteiger partial charge in [-0.2, -0.15) is 0 Å². The maximum absolute atomic E-state index is 13.0. The molecule has 0 saturated carbocycles. The summed E-state index contributed by atoms with van der Waals surface area (Å²) in [6.07, 6.45) is 96.8. The van der Waals surface area contributed by atoms with E-state index < -0.39 is 6.10 Å². The molecule has 476 valence electrons. The van der Waals surface area contributed by atoms with Gasteiger partial charge in [0, 0.05) is 19.3 Å². The van der Waals surface area contributed by atoms with Crippen LogP contribution in [0.25, 0.3) is 0 Å². The highest BCUT2D eigenvalue weighted by molar-refractivity contribution is 5.71. The molecule has 0 saturated heterocycles. The van der Waals surface area contributed by atoms with Crippen molar-refractivity contribution in [3.8, 4) is 0 Å². The van der Waals surface area contributed by atoms with Gasteiger partial charge in [0.1, 0.15) is 13.2 Å². The first-order valence-electron chi connectivity index (χ1n) is 35.4. The molecular weight excluding hydrogens is 1020 g/mol. The first kappa shape index (κ1) is 79.1. The van der Waals surface area contributed by atoms with Gasteiger partial charge in [-0.1, -0.05) is 329 Å². The minimum atomic E-state index is -0.789. The molecule has 0 rings (SSSR count). The highest BCUT2D eigenvalue weighted by Crippen LogP contribution is 2.17. The number of hydrogen-bond acceptors (Lipinski definition) is 6. The predicted octanol–water partition coefficient (Wildman–Crippen LogP) is 24.6. The Hall–Kier alpha value is -3.93. The summed E-state index contributed by atoms with van der Waals surface area (Å²) in [7, 11) is 0. The zero-order valence-electron chi connectivity index (χ0n) is 54.7. The van der Waals surface area contributed by atoms with Crippen LogP contribution < -0.4 is 0 Å². The summed E-state index contributed by atoms with van der Waals surface area (Å²) in [5.74, 6) is -0.883. The van der Waals surface area contributed by atoms with Gasteiger partial charge in [0.15, 0.2) is 6.10 Å². The number of unbranched alkanes of at least 4 members (excludes halogenated alkanes) is 35. The van der Waals surface area contributed by atoms with Crippen molar-refractivity contribution in [1.82, 2.24) is 0 Å². The van der Waals surface area contributed by atoms with E-state index in [9.17, 15) is 14.4 Å². The predicted molar refractivity (Wildman–Crippen MR) is 362 cm³/mol. The molecule has 0 heterocycles. The third-order valence-corrected chi connectivity index (χ3v) is 15.3. The van der Waals surface area contributed by atoms with E-state index >= 15 is 0 Å². The second-order valence-corrected chi connectivity index (χ2v) is 23.4. The average molecular weight is 1150 g/mol. The standard InChI is InChI=1S/C77H132O6/c1-4-7-10-13-16-19-22-25-28-31-34-35-36-37-38-39-40-41-44-46-49-52-55-58-61-64-67-70-76(79)82-73-74(83-77(80)71-68-65-62-59-56-53-50-47-43-33-30-27-24-21-18-15-12-9-6-3)72-81-75(78)69-66-63-60-57-54-51-48-45-42-32-29-26-23-20-17-14-11-8-5-2/h7,9-10,12,16,18-19,21,25,27-28,30,34-35,37-38,43,47,74H,4-6,8,11,13-15,17,20,22-24,26,29,31-33,36,39-42,44-46,48-73H2,1-3H3/b10-7-,12-9-,19-16-,21-18-,28-25-,30-27-,35-34-,38-37-,47-43-. The molecule has 0 radical (unpaired) electrons. The van der Waals surface area contributed by atoms with E-state index in [0.717, 1.165) is 128 Å². The summed E-state index contributed by atoms with van der Waals surface area (Å²) in [5.41, 5.74) is 0. The lowest BCUT2D eigenvalue weighted by Crippen LogP contribution is -2.30. The highest BCUT2D eigenvalue weighted by Gasteiger charge is 2.19. The Morgan fingerprint density at radius 2 is 0.470 bits per heavy atom. The van der Waals surface area contributed by atoms with Crippen LogP contribution >= 0.6 is 0 Å². The maximum Gasteiger partial charge on any atom is 0.306 e. The highest BCUT2D eigenvalue weighted by atomic mass is 16.6. The number of ether oxygens (including phenoxy) is 3. The smallest absolute Gasteiger partial charge is 0.306 e.